The maximum Gasteiger partial charge on any atom is 0.306 e. The number of unbranched alkanes of at least 4 members (excludes halogenated alkanes) is 4. The van der Waals surface area contributed by atoms with E-state index in [0.717, 1.165) is 12.8 Å². The fourth-order valence-electron chi connectivity index (χ4n) is 4.67. The third-order valence-corrected chi connectivity index (χ3v) is 6.68. The van der Waals surface area contributed by atoms with Crippen LogP contribution in [-0.4, -0.2) is 39.3 Å². The highest BCUT2D eigenvalue weighted by molar-refractivity contribution is 5.78. The van der Waals surface area contributed by atoms with E-state index in [1.165, 1.54) is 19.3 Å². The van der Waals surface area contributed by atoms with Crippen LogP contribution in [0, 0.1) is 23.7 Å². The molecule has 0 bridgehead atoms. The van der Waals surface area contributed by atoms with Gasteiger partial charge in [-0.25, -0.2) is 0 Å². The fourth-order valence-corrected chi connectivity index (χ4v) is 4.67. The number of aliphatic hydroxyl groups is 2. The first kappa shape index (κ1) is 26.8. The average molecular weight is 425 g/mol. The molecule has 0 aliphatic heterocycles. The molecule has 0 aromatic rings. The van der Waals surface area contributed by atoms with Crippen LogP contribution >= 0.6 is 0 Å². The van der Waals surface area contributed by atoms with Crippen molar-refractivity contribution >= 4 is 11.8 Å². The summed E-state index contributed by atoms with van der Waals surface area (Å²) < 4.78 is 0. The standard InChI is InChI=1S/C25H44O5/c1-4-5-6-7-9-12-19(26)15-16-22-21(23(27)17-24(22)28)14-11-8-10-13-20(18(2)3)25(29)30/h8,11,18,20-24,27-28H,4-7,9-10,12-17H2,1-3H3,(H,29,30). The molecule has 0 amide bonds. The maximum absolute atomic E-state index is 12.2. The van der Waals surface area contributed by atoms with Crippen molar-refractivity contribution in [3.8, 4) is 0 Å². The molecule has 0 aromatic carbocycles. The van der Waals surface area contributed by atoms with Gasteiger partial charge in [0.05, 0.1) is 18.1 Å². The van der Waals surface area contributed by atoms with Gasteiger partial charge < -0.3 is 15.3 Å². The number of aliphatic hydroxyl groups excluding tert-OH is 2. The van der Waals surface area contributed by atoms with Crippen molar-refractivity contribution in [2.75, 3.05) is 0 Å². The molecule has 1 aliphatic rings. The Labute approximate surface area is 183 Å². The predicted octanol–water partition coefficient (Wildman–Crippen LogP) is 5.14. The monoisotopic (exact) mass is 424 g/mol. The molecule has 0 radical (unpaired) electrons. The van der Waals surface area contributed by atoms with E-state index in [-0.39, 0.29) is 29.5 Å². The van der Waals surface area contributed by atoms with Crippen molar-refractivity contribution in [2.45, 2.75) is 110 Å². The minimum absolute atomic E-state index is 0.0334. The van der Waals surface area contributed by atoms with E-state index >= 15 is 0 Å². The Balaban J connectivity index is 2.40. The summed E-state index contributed by atoms with van der Waals surface area (Å²) in [4.78, 5) is 23.5. The molecule has 1 aliphatic carbocycles. The van der Waals surface area contributed by atoms with E-state index in [1.807, 2.05) is 26.0 Å². The predicted molar refractivity (Wildman–Crippen MR) is 120 cm³/mol. The number of carboxylic acids is 1. The van der Waals surface area contributed by atoms with Gasteiger partial charge in [-0.3, -0.25) is 9.59 Å². The number of hydrogen-bond donors (Lipinski definition) is 3. The molecular formula is C25H44O5. The average Bonchev–Trinajstić information content (AvgIpc) is 2.94. The van der Waals surface area contributed by atoms with Crippen LogP contribution in [0.2, 0.25) is 0 Å². The molecule has 1 saturated carbocycles. The summed E-state index contributed by atoms with van der Waals surface area (Å²) in [6, 6.07) is 0. The first-order valence-corrected chi connectivity index (χ1v) is 12.0. The number of ketones is 1. The molecule has 1 rings (SSSR count). The van der Waals surface area contributed by atoms with Crippen LogP contribution in [0.15, 0.2) is 12.2 Å². The summed E-state index contributed by atoms with van der Waals surface area (Å²) in [7, 11) is 0. The highest BCUT2D eigenvalue weighted by Crippen LogP contribution is 2.38. The van der Waals surface area contributed by atoms with Gasteiger partial charge in [-0.2, -0.15) is 0 Å². The summed E-state index contributed by atoms with van der Waals surface area (Å²) in [6.07, 6.45) is 12.7. The molecule has 0 spiro atoms. The van der Waals surface area contributed by atoms with Crippen LogP contribution < -0.4 is 0 Å². The lowest BCUT2D eigenvalue weighted by Gasteiger charge is -2.22. The molecule has 174 valence electrons. The van der Waals surface area contributed by atoms with Gasteiger partial charge in [-0.05, 0) is 56.3 Å². The molecule has 3 N–H and O–H groups in total. The zero-order chi connectivity index (χ0) is 22.5. The Morgan fingerprint density at radius 2 is 1.63 bits per heavy atom. The fraction of sp³-hybridized carbons (Fsp3) is 0.840. The zero-order valence-electron chi connectivity index (χ0n) is 19.3. The van der Waals surface area contributed by atoms with Crippen LogP contribution in [0.3, 0.4) is 0 Å². The lowest BCUT2D eigenvalue weighted by atomic mass is 9.85. The normalized spacial score (nSPS) is 25.3. The summed E-state index contributed by atoms with van der Waals surface area (Å²) in [5.74, 6) is -0.791. The number of allylic oxidation sites excluding steroid dienone is 2. The lowest BCUT2D eigenvalue weighted by molar-refractivity contribution is -0.143. The topological polar surface area (TPSA) is 94.8 Å². The van der Waals surface area contributed by atoms with Gasteiger partial charge in [0.1, 0.15) is 5.78 Å². The zero-order valence-corrected chi connectivity index (χ0v) is 19.3. The Hall–Kier alpha value is -1.20. The number of Topliss-reactive ketones (excluding diaryl/α,β-unsaturated/α-hetero) is 1. The molecule has 0 aromatic heterocycles. The van der Waals surface area contributed by atoms with Crippen LogP contribution in [0.4, 0.5) is 0 Å². The third-order valence-electron chi connectivity index (χ3n) is 6.68. The SMILES string of the molecule is CCCCCCCC(=O)CCC1C(O)CC(O)C1CC=CCCC(C(=O)O)C(C)C. The highest BCUT2D eigenvalue weighted by Gasteiger charge is 2.40. The first-order chi connectivity index (χ1) is 14.3. The molecule has 5 heteroatoms. The second-order valence-electron chi connectivity index (χ2n) is 9.41. The number of carbonyl (C=O) groups excluding carboxylic acids is 1. The van der Waals surface area contributed by atoms with Crippen LogP contribution in [0.25, 0.3) is 0 Å². The Bertz CT molecular complexity index is 528. The van der Waals surface area contributed by atoms with Crippen molar-refractivity contribution in [1.29, 1.82) is 0 Å². The van der Waals surface area contributed by atoms with E-state index < -0.39 is 18.2 Å². The van der Waals surface area contributed by atoms with Crippen molar-refractivity contribution in [3.05, 3.63) is 12.2 Å². The van der Waals surface area contributed by atoms with Crippen molar-refractivity contribution in [2.24, 2.45) is 23.7 Å². The largest absolute Gasteiger partial charge is 0.481 e. The Morgan fingerprint density at radius 1 is 0.967 bits per heavy atom. The van der Waals surface area contributed by atoms with Gasteiger partial charge in [0.15, 0.2) is 0 Å². The van der Waals surface area contributed by atoms with Gasteiger partial charge in [0, 0.05) is 12.8 Å². The highest BCUT2D eigenvalue weighted by atomic mass is 16.4. The third kappa shape index (κ3) is 9.74. The second kappa shape index (κ2) is 14.7. The molecule has 5 atom stereocenters. The van der Waals surface area contributed by atoms with Crippen molar-refractivity contribution in [1.82, 2.24) is 0 Å². The molecular weight excluding hydrogens is 380 g/mol. The Morgan fingerprint density at radius 3 is 2.27 bits per heavy atom. The lowest BCUT2D eigenvalue weighted by Crippen LogP contribution is -2.22. The summed E-state index contributed by atoms with van der Waals surface area (Å²) >= 11 is 0. The van der Waals surface area contributed by atoms with Crippen molar-refractivity contribution < 1.29 is 24.9 Å². The number of carboxylic acid groups (broad SMARTS) is 1. The van der Waals surface area contributed by atoms with Crippen molar-refractivity contribution in [3.63, 3.8) is 0 Å². The summed E-state index contributed by atoms with van der Waals surface area (Å²) in [5.41, 5.74) is 0. The van der Waals surface area contributed by atoms with Gasteiger partial charge in [-0.15, -0.1) is 0 Å². The van der Waals surface area contributed by atoms with Crippen LogP contribution in [0.1, 0.15) is 97.8 Å². The van der Waals surface area contributed by atoms with Gasteiger partial charge >= 0.3 is 5.97 Å². The van der Waals surface area contributed by atoms with Gasteiger partial charge in [0.2, 0.25) is 0 Å². The van der Waals surface area contributed by atoms with E-state index in [4.69, 9.17) is 0 Å². The smallest absolute Gasteiger partial charge is 0.306 e. The molecule has 5 nitrogen and oxygen atoms in total. The molecule has 5 unspecified atom stereocenters. The number of aliphatic carboxylic acids is 1. The second-order valence-corrected chi connectivity index (χ2v) is 9.41. The number of carbonyl (C=O) groups is 2. The molecule has 0 saturated heterocycles. The molecule has 1 fully saturated rings. The Kier molecular flexibility index (Phi) is 13.2. The van der Waals surface area contributed by atoms with E-state index in [0.29, 0.717) is 44.9 Å². The van der Waals surface area contributed by atoms with Crippen LogP contribution in [0.5, 0.6) is 0 Å². The maximum atomic E-state index is 12.2. The quantitative estimate of drug-likeness (QED) is 0.236. The van der Waals surface area contributed by atoms with E-state index in [2.05, 4.69) is 6.92 Å². The van der Waals surface area contributed by atoms with Gasteiger partial charge in [-0.1, -0.05) is 58.6 Å². The minimum atomic E-state index is -0.747. The minimum Gasteiger partial charge on any atom is -0.481 e. The van der Waals surface area contributed by atoms with Crippen LogP contribution in [-0.2, 0) is 9.59 Å². The van der Waals surface area contributed by atoms with E-state index in [1.54, 1.807) is 0 Å². The summed E-state index contributed by atoms with van der Waals surface area (Å²) in [5, 5.41) is 30.0. The first-order valence-electron chi connectivity index (χ1n) is 12.0. The molecule has 0 heterocycles. The summed E-state index contributed by atoms with van der Waals surface area (Å²) in [6.45, 7) is 6.03. The molecule has 30 heavy (non-hydrogen) atoms. The number of hydrogen-bond acceptors (Lipinski definition) is 4. The van der Waals surface area contributed by atoms with Gasteiger partial charge in [0.25, 0.3) is 0 Å². The van der Waals surface area contributed by atoms with E-state index in [9.17, 15) is 24.9 Å². The number of rotatable bonds is 16.